The van der Waals surface area contributed by atoms with Gasteiger partial charge in [-0.2, -0.15) is 0 Å². The lowest BCUT2D eigenvalue weighted by Crippen LogP contribution is -2.36. The Labute approximate surface area is 144 Å². The summed E-state index contributed by atoms with van der Waals surface area (Å²) in [5, 5.41) is 5.29. The number of nitrogens with zero attached hydrogens (tertiary/aromatic N) is 1. The van der Waals surface area contributed by atoms with Gasteiger partial charge >= 0.3 is 0 Å². The Hall–Kier alpha value is -3.35. The Morgan fingerprint density at radius 3 is 2.76 bits per heavy atom. The second-order valence-electron chi connectivity index (χ2n) is 5.39. The summed E-state index contributed by atoms with van der Waals surface area (Å²) in [5.41, 5.74) is 2.19. The number of fused-ring (bicyclic) bond motifs is 1. The molecule has 7 nitrogen and oxygen atoms in total. The molecule has 0 radical (unpaired) electrons. The summed E-state index contributed by atoms with van der Waals surface area (Å²) < 4.78 is 5.07. The lowest BCUT2D eigenvalue weighted by Gasteiger charge is -2.07. The molecule has 2 aromatic carbocycles. The Bertz CT molecular complexity index is 871. The minimum absolute atomic E-state index is 0.115. The van der Waals surface area contributed by atoms with Crippen LogP contribution in [0.2, 0.25) is 0 Å². The van der Waals surface area contributed by atoms with Crippen LogP contribution in [0.4, 0.5) is 0 Å². The summed E-state index contributed by atoms with van der Waals surface area (Å²) in [7, 11) is 1.53. The van der Waals surface area contributed by atoms with Gasteiger partial charge in [0.05, 0.1) is 31.2 Å². The number of para-hydroxylation sites is 2. The van der Waals surface area contributed by atoms with Crippen molar-refractivity contribution < 1.29 is 14.3 Å². The van der Waals surface area contributed by atoms with Crippen molar-refractivity contribution in [1.29, 1.82) is 0 Å². The molecule has 128 valence electrons. The predicted octanol–water partition coefficient (Wildman–Crippen LogP) is 1.62. The maximum atomic E-state index is 12.0. The van der Waals surface area contributed by atoms with Gasteiger partial charge in [-0.15, -0.1) is 0 Å². The molecular formula is C18H18N4O3. The first-order chi connectivity index (χ1) is 12.2. The molecule has 0 atom stereocenters. The molecule has 0 unspecified atom stereocenters. The van der Waals surface area contributed by atoms with Crippen LogP contribution in [-0.4, -0.2) is 35.4 Å². The zero-order valence-electron chi connectivity index (χ0n) is 13.7. The molecule has 25 heavy (non-hydrogen) atoms. The maximum absolute atomic E-state index is 12.0. The number of nitrogens with one attached hydrogen (secondary N) is 3. The lowest BCUT2D eigenvalue weighted by atomic mass is 10.2. The van der Waals surface area contributed by atoms with Crippen LogP contribution in [0.5, 0.6) is 5.75 Å². The largest absolute Gasteiger partial charge is 0.497 e. The van der Waals surface area contributed by atoms with Gasteiger partial charge in [-0.25, -0.2) is 4.98 Å². The number of amides is 2. The monoisotopic (exact) mass is 338 g/mol. The van der Waals surface area contributed by atoms with E-state index in [1.807, 2.05) is 24.3 Å². The van der Waals surface area contributed by atoms with Crippen molar-refractivity contribution in [2.75, 3.05) is 13.7 Å². The van der Waals surface area contributed by atoms with Crippen LogP contribution in [0.3, 0.4) is 0 Å². The van der Waals surface area contributed by atoms with Gasteiger partial charge in [0.2, 0.25) is 5.91 Å². The fraction of sp³-hybridized carbons (Fsp3) is 0.167. The average Bonchev–Trinajstić information content (AvgIpc) is 3.07. The minimum Gasteiger partial charge on any atom is -0.497 e. The summed E-state index contributed by atoms with van der Waals surface area (Å²) in [6.45, 7) is 0.152. The number of ether oxygens (including phenoxy) is 1. The smallest absolute Gasteiger partial charge is 0.251 e. The number of carbonyl (C=O) groups excluding carboxylic acids is 2. The average molecular weight is 338 g/mol. The van der Waals surface area contributed by atoms with Gasteiger partial charge in [0.25, 0.3) is 5.91 Å². The van der Waals surface area contributed by atoms with E-state index in [-0.39, 0.29) is 24.9 Å². The van der Waals surface area contributed by atoms with E-state index in [0.717, 1.165) is 11.0 Å². The van der Waals surface area contributed by atoms with E-state index in [4.69, 9.17) is 4.74 Å². The number of aromatic amines is 1. The summed E-state index contributed by atoms with van der Waals surface area (Å²) in [6, 6.07) is 14.4. The third-order valence-electron chi connectivity index (χ3n) is 3.63. The van der Waals surface area contributed by atoms with Crippen LogP contribution in [0.1, 0.15) is 16.2 Å². The number of carbonyl (C=O) groups is 2. The highest BCUT2D eigenvalue weighted by Crippen LogP contribution is 2.12. The zero-order chi connectivity index (χ0) is 17.6. The highest BCUT2D eigenvalue weighted by Gasteiger charge is 2.09. The quantitative estimate of drug-likeness (QED) is 0.636. The predicted molar refractivity (Wildman–Crippen MR) is 93.3 cm³/mol. The molecule has 3 N–H and O–H groups in total. The molecule has 1 heterocycles. The number of rotatable bonds is 6. The van der Waals surface area contributed by atoms with Crippen LogP contribution in [0.15, 0.2) is 48.5 Å². The number of imidazole rings is 1. The number of hydrogen-bond donors (Lipinski definition) is 3. The van der Waals surface area contributed by atoms with Gasteiger partial charge in [0.15, 0.2) is 0 Å². The molecule has 3 rings (SSSR count). The van der Waals surface area contributed by atoms with Crippen molar-refractivity contribution in [1.82, 2.24) is 20.6 Å². The Balaban J connectivity index is 1.49. The summed E-state index contributed by atoms with van der Waals surface area (Å²) in [6.07, 6.45) is 0. The van der Waals surface area contributed by atoms with Crippen molar-refractivity contribution >= 4 is 22.8 Å². The van der Waals surface area contributed by atoms with Crippen molar-refractivity contribution in [3.63, 3.8) is 0 Å². The molecule has 1 aromatic heterocycles. The van der Waals surface area contributed by atoms with Crippen molar-refractivity contribution in [3.8, 4) is 5.75 Å². The van der Waals surface area contributed by atoms with Gasteiger partial charge in [-0.1, -0.05) is 18.2 Å². The topological polar surface area (TPSA) is 96.1 Å². The number of benzene rings is 2. The van der Waals surface area contributed by atoms with E-state index in [2.05, 4.69) is 20.6 Å². The van der Waals surface area contributed by atoms with Crippen molar-refractivity contribution in [3.05, 3.63) is 59.9 Å². The second kappa shape index (κ2) is 7.48. The molecule has 0 saturated heterocycles. The molecular weight excluding hydrogens is 320 g/mol. The molecule has 0 saturated carbocycles. The van der Waals surface area contributed by atoms with Crippen molar-refractivity contribution in [2.24, 2.45) is 0 Å². The standard InChI is InChI=1S/C18H18N4O3/c1-25-13-6-4-5-12(9-13)18(24)20-11-17(23)19-10-16-21-14-7-2-3-8-15(14)22-16/h2-9H,10-11H2,1H3,(H,19,23)(H,20,24)(H,21,22). The molecule has 0 bridgehead atoms. The third-order valence-corrected chi connectivity index (χ3v) is 3.63. The first-order valence-electron chi connectivity index (χ1n) is 7.78. The van der Waals surface area contributed by atoms with Crippen LogP contribution in [0.25, 0.3) is 11.0 Å². The van der Waals surface area contributed by atoms with Gasteiger partial charge < -0.3 is 20.4 Å². The van der Waals surface area contributed by atoms with Gasteiger partial charge in [-0.05, 0) is 30.3 Å². The Morgan fingerprint density at radius 2 is 1.96 bits per heavy atom. The van der Waals surface area contributed by atoms with Gasteiger partial charge in [0.1, 0.15) is 11.6 Å². The van der Waals surface area contributed by atoms with E-state index in [1.165, 1.54) is 7.11 Å². The van der Waals surface area contributed by atoms with E-state index in [0.29, 0.717) is 17.1 Å². The number of H-pyrrole nitrogens is 1. The molecule has 0 fully saturated rings. The van der Waals surface area contributed by atoms with Crippen LogP contribution in [-0.2, 0) is 11.3 Å². The van der Waals surface area contributed by atoms with E-state index < -0.39 is 0 Å². The van der Waals surface area contributed by atoms with E-state index >= 15 is 0 Å². The molecule has 0 spiro atoms. The third kappa shape index (κ3) is 4.14. The highest BCUT2D eigenvalue weighted by atomic mass is 16.5. The minimum atomic E-state index is -0.335. The normalized spacial score (nSPS) is 10.4. The first-order valence-corrected chi connectivity index (χ1v) is 7.78. The molecule has 0 aliphatic heterocycles. The number of aromatic nitrogens is 2. The van der Waals surface area contributed by atoms with Gasteiger partial charge in [-0.3, -0.25) is 9.59 Å². The summed E-state index contributed by atoms with van der Waals surface area (Å²) in [5.74, 6) is 0.616. The van der Waals surface area contributed by atoms with E-state index in [1.54, 1.807) is 24.3 Å². The fourth-order valence-electron chi connectivity index (χ4n) is 2.36. The van der Waals surface area contributed by atoms with Gasteiger partial charge in [0, 0.05) is 5.56 Å². The molecule has 7 heteroatoms. The van der Waals surface area contributed by atoms with E-state index in [9.17, 15) is 9.59 Å². The maximum Gasteiger partial charge on any atom is 0.251 e. The number of methoxy groups -OCH3 is 1. The highest BCUT2D eigenvalue weighted by molar-refractivity contribution is 5.96. The van der Waals surface area contributed by atoms with Crippen molar-refractivity contribution in [2.45, 2.75) is 6.54 Å². The van der Waals surface area contributed by atoms with Crippen LogP contribution >= 0.6 is 0 Å². The molecule has 0 aliphatic carbocycles. The molecule has 0 aliphatic rings. The van der Waals surface area contributed by atoms with Crippen LogP contribution < -0.4 is 15.4 Å². The lowest BCUT2D eigenvalue weighted by molar-refractivity contribution is -0.120. The second-order valence-corrected chi connectivity index (χ2v) is 5.39. The summed E-state index contributed by atoms with van der Waals surface area (Å²) in [4.78, 5) is 31.4. The molecule has 3 aromatic rings. The Morgan fingerprint density at radius 1 is 1.12 bits per heavy atom. The first kappa shape index (κ1) is 16.5. The Kier molecular flexibility index (Phi) is 4.94. The fourth-order valence-corrected chi connectivity index (χ4v) is 2.36. The van der Waals surface area contributed by atoms with Crippen LogP contribution in [0, 0.1) is 0 Å². The molecule has 2 amide bonds. The number of hydrogen-bond acceptors (Lipinski definition) is 4. The summed E-state index contributed by atoms with van der Waals surface area (Å²) >= 11 is 0. The SMILES string of the molecule is COc1cccc(C(=O)NCC(=O)NCc2nc3ccccc3[nH]2)c1. The zero-order valence-corrected chi connectivity index (χ0v) is 13.7.